The van der Waals surface area contributed by atoms with E-state index in [9.17, 15) is 14.9 Å². The second-order valence-corrected chi connectivity index (χ2v) is 3.91. The van der Waals surface area contributed by atoms with E-state index >= 15 is 0 Å². The van der Waals surface area contributed by atoms with Crippen molar-refractivity contribution in [2.24, 2.45) is 0 Å². The lowest BCUT2D eigenvalue weighted by Gasteiger charge is -2.04. The Bertz CT molecular complexity index is 420. The predicted octanol–water partition coefficient (Wildman–Crippen LogP) is 1.26. The van der Waals surface area contributed by atoms with E-state index in [1.165, 1.54) is 18.2 Å². The molecule has 1 aromatic carbocycles. The average molecular weight is 243 g/mol. The minimum absolute atomic E-state index is 0.122. The first kappa shape index (κ1) is 12.5. The summed E-state index contributed by atoms with van der Waals surface area (Å²) in [6.45, 7) is -0.358. The Balaban J connectivity index is 2.93. The molecule has 0 bridgehead atoms. The Labute approximate surface area is 95.1 Å². The highest BCUT2D eigenvalue weighted by molar-refractivity contribution is 8.00. The van der Waals surface area contributed by atoms with E-state index in [1.807, 2.05) is 0 Å². The molecule has 0 amide bonds. The first-order valence-electron chi connectivity index (χ1n) is 4.27. The summed E-state index contributed by atoms with van der Waals surface area (Å²) >= 11 is 1.02. The molecule has 6 nitrogen and oxygen atoms in total. The molecule has 0 radical (unpaired) electrons. The van der Waals surface area contributed by atoms with Gasteiger partial charge in [0.25, 0.3) is 5.69 Å². The maximum absolute atomic E-state index is 10.5. The summed E-state index contributed by atoms with van der Waals surface area (Å²) in [5.41, 5.74) is 0.240. The van der Waals surface area contributed by atoms with Gasteiger partial charge in [0.05, 0.1) is 17.3 Å². The van der Waals surface area contributed by atoms with Gasteiger partial charge in [-0.25, -0.2) is 0 Å². The van der Waals surface area contributed by atoms with Crippen molar-refractivity contribution in [3.05, 3.63) is 33.9 Å². The molecule has 16 heavy (non-hydrogen) atoms. The summed E-state index contributed by atoms with van der Waals surface area (Å²) < 4.78 is 0. The molecule has 7 heteroatoms. The van der Waals surface area contributed by atoms with Crippen molar-refractivity contribution < 1.29 is 19.9 Å². The fourth-order valence-corrected chi connectivity index (χ4v) is 1.84. The van der Waals surface area contributed by atoms with Crippen molar-refractivity contribution in [2.45, 2.75) is 11.5 Å². The maximum atomic E-state index is 10.5. The summed E-state index contributed by atoms with van der Waals surface area (Å²) in [4.78, 5) is 20.8. The van der Waals surface area contributed by atoms with Gasteiger partial charge >= 0.3 is 5.97 Å². The zero-order chi connectivity index (χ0) is 12.1. The number of aliphatic hydroxyl groups excluding tert-OH is 1. The first-order chi connectivity index (χ1) is 7.54. The van der Waals surface area contributed by atoms with Crippen LogP contribution in [-0.2, 0) is 11.4 Å². The van der Waals surface area contributed by atoms with Gasteiger partial charge in [0, 0.05) is 17.0 Å². The number of non-ortho nitro benzene ring substituents is 1. The molecular formula is C9H9NO5S. The smallest absolute Gasteiger partial charge is 0.313 e. The standard InChI is InChI=1S/C9H9NO5S/c11-4-6-3-7(10(14)15)1-2-8(6)16-5-9(12)13/h1-3,11H,4-5H2,(H,12,13). The number of hydrogen-bond acceptors (Lipinski definition) is 5. The number of carboxylic acids is 1. The van der Waals surface area contributed by atoms with Gasteiger partial charge in [-0.2, -0.15) is 0 Å². The highest BCUT2D eigenvalue weighted by atomic mass is 32.2. The summed E-state index contributed by atoms with van der Waals surface area (Å²) in [6, 6.07) is 3.96. The lowest BCUT2D eigenvalue weighted by atomic mass is 10.2. The molecule has 86 valence electrons. The third kappa shape index (κ3) is 3.21. The predicted molar refractivity (Wildman–Crippen MR) is 57.4 cm³/mol. The van der Waals surface area contributed by atoms with Crippen LogP contribution in [0.25, 0.3) is 0 Å². The number of thioether (sulfide) groups is 1. The molecular weight excluding hydrogens is 234 g/mol. The monoisotopic (exact) mass is 243 g/mol. The minimum atomic E-state index is -0.979. The van der Waals surface area contributed by atoms with Gasteiger partial charge in [-0.05, 0) is 11.6 Å². The maximum Gasteiger partial charge on any atom is 0.313 e. The number of hydrogen-bond donors (Lipinski definition) is 2. The molecule has 0 unspecified atom stereocenters. The van der Waals surface area contributed by atoms with Crippen molar-refractivity contribution in [3.8, 4) is 0 Å². The van der Waals surface area contributed by atoms with Crippen molar-refractivity contribution in [1.82, 2.24) is 0 Å². The number of nitrogens with zero attached hydrogens (tertiary/aromatic N) is 1. The molecule has 0 aliphatic carbocycles. The van der Waals surface area contributed by atoms with Crippen molar-refractivity contribution in [2.75, 3.05) is 5.75 Å². The molecule has 0 aliphatic rings. The fourth-order valence-electron chi connectivity index (χ4n) is 1.08. The van der Waals surface area contributed by atoms with Crippen LogP contribution in [0.5, 0.6) is 0 Å². The highest BCUT2D eigenvalue weighted by Crippen LogP contribution is 2.26. The summed E-state index contributed by atoms with van der Waals surface area (Å²) in [5, 5.41) is 28.0. The highest BCUT2D eigenvalue weighted by Gasteiger charge is 2.11. The van der Waals surface area contributed by atoms with Gasteiger partial charge in [-0.1, -0.05) is 0 Å². The summed E-state index contributed by atoms with van der Waals surface area (Å²) in [6.07, 6.45) is 0. The van der Waals surface area contributed by atoms with Gasteiger partial charge in [0.15, 0.2) is 0 Å². The SMILES string of the molecule is O=C(O)CSc1ccc([N+](=O)[O-])cc1CO. The van der Waals surface area contributed by atoms with Crippen molar-refractivity contribution in [3.63, 3.8) is 0 Å². The number of benzene rings is 1. The number of rotatable bonds is 5. The lowest BCUT2D eigenvalue weighted by Crippen LogP contribution is -1.99. The van der Waals surface area contributed by atoms with E-state index in [0.717, 1.165) is 11.8 Å². The van der Waals surface area contributed by atoms with Crippen molar-refractivity contribution >= 4 is 23.4 Å². The normalized spacial score (nSPS) is 10.1. The second-order valence-electron chi connectivity index (χ2n) is 2.89. The molecule has 0 aliphatic heterocycles. The van der Waals surface area contributed by atoms with Gasteiger partial charge < -0.3 is 10.2 Å². The van der Waals surface area contributed by atoms with Gasteiger partial charge in [-0.3, -0.25) is 14.9 Å². The van der Waals surface area contributed by atoms with E-state index in [2.05, 4.69) is 0 Å². The van der Waals surface area contributed by atoms with E-state index < -0.39 is 10.9 Å². The molecule has 1 aromatic rings. The van der Waals surface area contributed by atoms with Gasteiger partial charge in [0.2, 0.25) is 0 Å². The Morgan fingerprint density at radius 2 is 2.19 bits per heavy atom. The zero-order valence-corrected chi connectivity index (χ0v) is 8.94. The van der Waals surface area contributed by atoms with Crippen LogP contribution in [0.15, 0.2) is 23.1 Å². The van der Waals surface area contributed by atoms with Crippen molar-refractivity contribution in [1.29, 1.82) is 0 Å². The largest absolute Gasteiger partial charge is 0.481 e. The van der Waals surface area contributed by atoms with E-state index in [0.29, 0.717) is 10.5 Å². The van der Waals surface area contributed by atoms with Crippen LogP contribution in [0.2, 0.25) is 0 Å². The average Bonchev–Trinajstić information content (AvgIpc) is 2.25. The topological polar surface area (TPSA) is 101 Å². The van der Waals surface area contributed by atoms with Crippen LogP contribution >= 0.6 is 11.8 Å². The molecule has 1 rings (SSSR count). The number of nitro groups is 1. The molecule has 0 fully saturated rings. The number of nitro benzene ring substituents is 1. The van der Waals surface area contributed by atoms with Gasteiger partial charge in [-0.15, -0.1) is 11.8 Å². The molecule has 0 aromatic heterocycles. The summed E-state index contributed by atoms with van der Waals surface area (Å²) in [5.74, 6) is -1.13. The molecule has 0 atom stereocenters. The first-order valence-corrected chi connectivity index (χ1v) is 5.26. The van der Waals surface area contributed by atoms with Crippen LogP contribution in [0, 0.1) is 10.1 Å². The fraction of sp³-hybridized carbons (Fsp3) is 0.222. The lowest BCUT2D eigenvalue weighted by molar-refractivity contribution is -0.385. The Kier molecular flexibility index (Phi) is 4.27. The Hall–Kier alpha value is -1.60. The zero-order valence-electron chi connectivity index (χ0n) is 8.12. The molecule has 0 heterocycles. The number of aliphatic hydroxyl groups is 1. The van der Waals surface area contributed by atoms with Crippen LogP contribution < -0.4 is 0 Å². The van der Waals surface area contributed by atoms with Crippen LogP contribution in [0.4, 0.5) is 5.69 Å². The molecule has 0 saturated carbocycles. The number of aliphatic carboxylic acids is 1. The Morgan fingerprint density at radius 3 is 2.69 bits per heavy atom. The van der Waals surface area contributed by atoms with E-state index in [-0.39, 0.29) is 18.0 Å². The van der Waals surface area contributed by atoms with Crippen LogP contribution in [0.3, 0.4) is 0 Å². The van der Waals surface area contributed by atoms with Crippen LogP contribution in [0.1, 0.15) is 5.56 Å². The second kappa shape index (κ2) is 5.47. The minimum Gasteiger partial charge on any atom is -0.481 e. The summed E-state index contributed by atoms with van der Waals surface area (Å²) in [7, 11) is 0. The van der Waals surface area contributed by atoms with Gasteiger partial charge in [0.1, 0.15) is 0 Å². The third-order valence-corrected chi connectivity index (χ3v) is 2.88. The molecule has 0 saturated heterocycles. The number of carbonyl (C=O) groups is 1. The van der Waals surface area contributed by atoms with E-state index in [4.69, 9.17) is 10.2 Å². The quantitative estimate of drug-likeness (QED) is 0.458. The van der Waals surface area contributed by atoms with Crippen LogP contribution in [-0.4, -0.2) is 26.9 Å². The number of carboxylic acid groups (broad SMARTS) is 1. The third-order valence-electron chi connectivity index (χ3n) is 1.78. The van der Waals surface area contributed by atoms with E-state index in [1.54, 1.807) is 0 Å². The molecule has 0 spiro atoms. The molecule has 2 N–H and O–H groups in total. The Morgan fingerprint density at radius 1 is 1.50 bits per heavy atom.